The van der Waals surface area contributed by atoms with Crippen LogP contribution in [0.3, 0.4) is 0 Å². The van der Waals surface area contributed by atoms with Crippen LogP contribution in [0.15, 0.2) is 0 Å². The fraction of sp³-hybridized carbons (Fsp3) is 0. The molecular weight excluding hydrogens is 191 g/mol. The van der Waals surface area contributed by atoms with Gasteiger partial charge in [-0.3, -0.25) is 0 Å². The molecule has 0 aromatic heterocycles. The summed E-state index contributed by atoms with van der Waals surface area (Å²) in [5, 5.41) is 0. The van der Waals surface area contributed by atoms with E-state index in [0.29, 0.717) is 0 Å². The van der Waals surface area contributed by atoms with E-state index < -0.39 is 21.8 Å². The smallest absolute Gasteiger partial charge is 0.414 e. The maximum Gasteiger partial charge on any atom is 0.414 e. The number of hydrogen-bond donors (Lipinski definition) is 0. The average molecular weight is 193 g/mol. The van der Waals surface area contributed by atoms with Crippen LogP contribution in [0.2, 0.25) is 0 Å². The minimum Gasteiger partial charge on any atom is -0.749 e. The van der Waals surface area contributed by atoms with Gasteiger partial charge in [0, 0.05) is 9.47 Å². The molecule has 0 fully saturated rings. The Morgan fingerprint density at radius 2 is 2.00 bits per heavy atom. The van der Waals surface area contributed by atoms with Crippen molar-refractivity contribution >= 4 is 31.2 Å². The van der Waals surface area contributed by atoms with Gasteiger partial charge in [0.05, 0.1) is 0 Å². The Balaban J connectivity index is 4.06. The monoisotopic (exact) mass is 193 g/mol. The van der Waals surface area contributed by atoms with E-state index in [2.05, 4.69) is 7.60 Å². The molecule has 0 saturated heterocycles. The minimum atomic E-state index is -4.37. The molecule has 56 valence electrons. The van der Waals surface area contributed by atoms with Gasteiger partial charge in [-0.25, -0.2) is 8.18 Å². The van der Waals surface area contributed by atoms with Gasteiger partial charge in [-0.05, 0) is 0 Å². The first-order valence-electron chi connectivity index (χ1n) is 1.40. The molecule has 0 N–H and O–H groups in total. The lowest BCUT2D eigenvalue weighted by molar-refractivity contribution is 0.388. The Morgan fingerprint density at radius 1 is 1.56 bits per heavy atom. The lowest BCUT2D eigenvalue weighted by atomic mass is 15.8. The van der Waals surface area contributed by atoms with E-state index in [-0.39, 0.29) is 0 Å². The van der Waals surface area contributed by atoms with E-state index in [1.165, 1.54) is 9.47 Å². The molecule has 0 radical (unpaired) electrons. The van der Waals surface area contributed by atoms with Gasteiger partial charge in [0.25, 0.3) is 0 Å². The van der Waals surface area contributed by atoms with E-state index in [0.717, 1.165) is 0 Å². The topological polar surface area (TPSA) is 92.7 Å². The summed E-state index contributed by atoms with van der Waals surface area (Å²) >= 11 is -3.11. The third kappa shape index (κ3) is 4.89. The average Bonchev–Trinajstić information content (AvgIpc) is 1.63. The molecule has 0 amide bonds. The molecule has 0 spiro atoms. The summed E-state index contributed by atoms with van der Waals surface area (Å²) in [5.41, 5.74) is 0. The van der Waals surface area contributed by atoms with Crippen LogP contribution in [0, 0.1) is 0 Å². The SMILES string of the molecule is O=S([O-])OS(=O)(=O)OP. The largest absolute Gasteiger partial charge is 0.749 e. The van der Waals surface area contributed by atoms with Crippen LogP contribution in [0.4, 0.5) is 0 Å². The molecule has 9 heavy (non-hydrogen) atoms. The molecule has 0 aromatic carbocycles. The van der Waals surface area contributed by atoms with Gasteiger partial charge >= 0.3 is 10.4 Å². The standard InChI is InChI=1S/H3O6PS2/c1-8(2)6-9(3,4)5-7/h7H2,(H,1,2)/p-1. The first-order chi connectivity index (χ1) is 3.98. The van der Waals surface area contributed by atoms with E-state index in [4.69, 9.17) is 0 Å². The Bertz CT molecular complexity index is 189. The second kappa shape index (κ2) is 3.55. The van der Waals surface area contributed by atoms with E-state index in [1.54, 1.807) is 0 Å². The van der Waals surface area contributed by atoms with E-state index >= 15 is 0 Å². The number of hydrogen-bond acceptors (Lipinski definition) is 6. The Kier molecular flexibility index (Phi) is 3.71. The highest BCUT2D eigenvalue weighted by Gasteiger charge is 2.08. The molecule has 0 rings (SSSR count). The molecule has 0 aromatic rings. The summed E-state index contributed by atoms with van der Waals surface area (Å²) in [6, 6.07) is 0. The summed E-state index contributed by atoms with van der Waals surface area (Å²) in [7, 11) is -3.04. The van der Waals surface area contributed by atoms with Gasteiger partial charge in [-0.15, -0.1) is 0 Å². The van der Waals surface area contributed by atoms with Crippen LogP contribution < -0.4 is 0 Å². The fourth-order valence-corrected chi connectivity index (χ4v) is 1.05. The Hall–Kier alpha value is 0.410. The van der Waals surface area contributed by atoms with E-state index in [9.17, 15) is 17.2 Å². The van der Waals surface area contributed by atoms with Gasteiger partial charge in [0.15, 0.2) is 0 Å². The lowest BCUT2D eigenvalue weighted by Crippen LogP contribution is -2.06. The van der Waals surface area contributed by atoms with Crippen LogP contribution >= 0.6 is 9.47 Å². The van der Waals surface area contributed by atoms with Crippen molar-refractivity contribution in [1.82, 2.24) is 0 Å². The maximum atomic E-state index is 9.95. The van der Waals surface area contributed by atoms with Crippen molar-refractivity contribution in [2.24, 2.45) is 0 Å². The van der Waals surface area contributed by atoms with Gasteiger partial charge in [-0.1, -0.05) is 0 Å². The summed E-state index contributed by atoms with van der Waals surface area (Å²) in [4.78, 5) is 0. The molecule has 9 heteroatoms. The molecule has 0 aliphatic rings. The van der Waals surface area contributed by atoms with Gasteiger partial charge in [-0.2, -0.15) is 12.0 Å². The zero-order chi connectivity index (χ0) is 7.49. The highest BCUT2D eigenvalue weighted by Crippen LogP contribution is 2.01. The van der Waals surface area contributed by atoms with Crippen molar-refractivity contribution in [2.45, 2.75) is 0 Å². The van der Waals surface area contributed by atoms with Crippen molar-refractivity contribution in [3.05, 3.63) is 0 Å². The van der Waals surface area contributed by atoms with Gasteiger partial charge in [0.2, 0.25) is 0 Å². The summed E-state index contributed by atoms with van der Waals surface area (Å²) in [6.07, 6.45) is 0. The molecule has 0 heterocycles. The Labute approximate surface area is 56.6 Å². The van der Waals surface area contributed by atoms with Crippen molar-refractivity contribution in [1.29, 1.82) is 0 Å². The van der Waals surface area contributed by atoms with Crippen molar-refractivity contribution in [2.75, 3.05) is 0 Å². The summed E-state index contributed by atoms with van der Waals surface area (Å²) in [6.45, 7) is 0. The predicted octanol–water partition coefficient (Wildman–Crippen LogP) is -1.15. The van der Waals surface area contributed by atoms with E-state index in [1.807, 2.05) is 0 Å². The Morgan fingerprint density at radius 3 is 2.11 bits per heavy atom. The molecule has 0 aliphatic carbocycles. The highest BCUT2D eigenvalue weighted by atomic mass is 32.3. The second-order valence-electron chi connectivity index (χ2n) is 0.777. The molecule has 0 saturated carbocycles. The zero-order valence-electron chi connectivity index (χ0n) is 3.84. The molecule has 2 atom stereocenters. The quantitative estimate of drug-likeness (QED) is 0.415. The second-order valence-corrected chi connectivity index (χ2v) is 3.32. The van der Waals surface area contributed by atoms with Crippen LogP contribution in [0.1, 0.15) is 0 Å². The van der Waals surface area contributed by atoms with Crippen LogP contribution in [-0.4, -0.2) is 17.2 Å². The number of rotatable bonds is 3. The minimum absolute atomic E-state index is 1.33. The van der Waals surface area contributed by atoms with Crippen molar-refractivity contribution in [3.63, 3.8) is 0 Å². The molecule has 2 unspecified atom stereocenters. The van der Waals surface area contributed by atoms with Crippen molar-refractivity contribution in [3.8, 4) is 0 Å². The van der Waals surface area contributed by atoms with Crippen LogP contribution in [0.5, 0.6) is 0 Å². The third-order valence-electron chi connectivity index (χ3n) is 0.257. The molecule has 0 aliphatic heterocycles. The summed E-state index contributed by atoms with van der Waals surface area (Å²) in [5.74, 6) is 0. The lowest BCUT2D eigenvalue weighted by Gasteiger charge is -2.01. The highest BCUT2D eigenvalue weighted by molar-refractivity contribution is 7.93. The van der Waals surface area contributed by atoms with Crippen molar-refractivity contribution < 1.29 is 24.8 Å². The van der Waals surface area contributed by atoms with Gasteiger partial charge in [0.1, 0.15) is 11.4 Å². The molecular formula is H2O6PS2-. The first kappa shape index (κ1) is 9.41. The van der Waals surface area contributed by atoms with Crippen LogP contribution in [0.25, 0.3) is 0 Å². The zero-order valence-corrected chi connectivity index (χ0v) is 6.63. The normalized spacial score (nSPS) is 15.3. The predicted molar refractivity (Wildman–Crippen MR) is 29.7 cm³/mol. The maximum absolute atomic E-state index is 9.95. The third-order valence-corrected chi connectivity index (χ3v) is 2.31. The fourth-order valence-electron chi connectivity index (χ4n) is 0.0841. The molecule has 6 nitrogen and oxygen atoms in total. The first-order valence-corrected chi connectivity index (χ1v) is 4.21. The summed E-state index contributed by atoms with van der Waals surface area (Å²) < 4.78 is 45.6. The van der Waals surface area contributed by atoms with Crippen LogP contribution in [-0.2, 0) is 29.4 Å². The van der Waals surface area contributed by atoms with Gasteiger partial charge < -0.3 is 4.55 Å². The molecule has 0 bridgehead atoms.